The summed E-state index contributed by atoms with van der Waals surface area (Å²) in [4.78, 5) is 4.35. The first-order valence-electron chi connectivity index (χ1n) is 5.61. The highest BCUT2D eigenvalue weighted by molar-refractivity contribution is 5.83. The van der Waals surface area contributed by atoms with Gasteiger partial charge in [0.2, 0.25) is 0 Å². The van der Waals surface area contributed by atoms with Crippen LogP contribution in [0, 0.1) is 5.92 Å². The Morgan fingerprint density at radius 1 is 1.43 bits per heavy atom. The third-order valence-corrected chi connectivity index (χ3v) is 2.61. The molecule has 2 N–H and O–H groups in total. The van der Waals surface area contributed by atoms with Gasteiger partial charge in [-0.25, -0.2) is 0 Å². The van der Waals surface area contributed by atoms with E-state index >= 15 is 0 Å². The molecule has 0 saturated heterocycles. The molecule has 0 aromatic heterocycles. The van der Waals surface area contributed by atoms with Crippen molar-refractivity contribution >= 4 is 5.84 Å². The molecule has 3 nitrogen and oxygen atoms in total. The molecule has 1 fully saturated rings. The molecule has 0 unspecified atom stereocenters. The lowest BCUT2D eigenvalue weighted by atomic mass is 10.1. The van der Waals surface area contributed by atoms with Crippen molar-refractivity contribution < 1.29 is 4.74 Å². The van der Waals surface area contributed by atoms with Gasteiger partial charge in [-0.2, -0.15) is 0 Å². The SMILES string of the molecule is CC(C)OCCN=C(N)C1CCCC1. The minimum Gasteiger partial charge on any atom is -0.387 e. The quantitative estimate of drug-likeness (QED) is 0.417. The molecule has 3 heteroatoms. The smallest absolute Gasteiger partial charge is 0.0969 e. The average Bonchev–Trinajstić information content (AvgIpc) is 2.64. The van der Waals surface area contributed by atoms with Gasteiger partial charge in [-0.1, -0.05) is 12.8 Å². The van der Waals surface area contributed by atoms with Crippen LogP contribution in [0.2, 0.25) is 0 Å². The molecule has 0 amide bonds. The van der Waals surface area contributed by atoms with Crippen molar-refractivity contribution in [3.8, 4) is 0 Å². The predicted molar refractivity (Wildman–Crippen MR) is 59.5 cm³/mol. The Hall–Kier alpha value is -0.570. The van der Waals surface area contributed by atoms with Crippen LogP contribution in [0.4, 0.5) is 0 Å². The third-order valence-electron chi connectivity index (χ3n) is 2.61. The molecular weight excluding hydrogens is 176 g/mol. The fourth-order valence-corrected chi connectivity index (χ4v) is 1.81. The van der Waals surface area contributed by atoms with Gasteiger partial charge < -0.3 is 10.5 Å². The zero-order valence-corrected chi connectivity index (χ0v) is 9.33. The molecule has 1 aliphatic rings. The van der Waals surface area contributed by atoms with Gasteiger partial charge in [-0.3, -0.25) is 4.99 Å². The van der Waals surface area contributed by atoms with E-state index in [2.05, 4.69) is 4.99 Å². The number of nitrogens with zero attached hydrogens (tertiary/aromatic N) is 1. The van der Waals surface area contributed by atoms with E-state index in [-0.39, 0.29) is 6.10 Å². The summed E-state index contributed by atoms with van der Waals surface area (Å²) in [5.41, 5.74) is 5.89. The maximum absolute atomic E-state index is 5.89. The van der Waals surface area contributed by atoms with E-state index in [1.165, 1.54) is 25.7 Å². The van der Waals surface area contributed by atoms with Crippen LogP contribution in [0.5, 0.6) is 0 Å². The van der Waals surface area contributed by atoms with Crippen molar-refractivity contribution in [2.45, 2.75) is 45.6 Å². The molecule has 1 rings (SSSR count). The van der Waals surface area contributed by atoms with Gasteiger partial charge in [-0.05, 0) is 26.7 Å². The Bertz CT molecular complexity index is 184. The predicted octanol–water partition coefficient (Wildman–Crippen LogP) is 1.96. The number of amidine groups is 1. The van der Waals surface area contributed by atoms with Gasteiger partial charge in [0.05, 0.1) is 25.1 Å². The second-order valence-electron chi connectivity index (χ2n) is 4.21. The van der Waals surface area contributed by atoms with E-state index in [4.69, 9.17) is 10.5 Å². The first kappa shape index (κ1) is 11.5. The largest absolute Gasteiger partial charge is 0.387 e. The monoisotopic (exact) mass is 198 g/mol. The lowest BCUT2D eigenvalue weighted by Gasteiger charge is -2.09. The lowest BCUT2D eigenvalue weighted by molar-refractivity contribution is 0.0853. The van der Waals surface area contributed by atoms with Gasteiger partial charge >= 0.3 is 0 Å². The number of hydrogen-bond donors (Lipinski definition) is 1. The van der Waals surface area contributed by atoms with Gasteiger partial charge in [0.1, 0.15) is 0 Å². The summed E-state index contributed by atoms with van der Waals surface area (Å²) < 4.78 is 5.39. The molecule has 82 valence electrons. The normalized spacial score (nSPS) is 19.5. The van der Waals surface area contributed by atoms with Gasteiger partial charge in [0.25, 0.3) is 0 Å². The van der Waals surface area contributed by atoms with Crippen LogP contribution in [0.1, 0.15) is 39.5 Å². The van der Waals surface area contributed by atoms with Gasteiger partial charge in [0, 0.05) is 5.92 Å². The molecule has 0 bridgehead atoms. The zero-order chi connectivity index (χ0) is 10.4. The van der Waals surface area contributed by atoms with E-state index < -0.39 is 0 Å². The second kappa shape index (κ2) is 6.02. The van der Waals surface area contributed by atoms with Crippen LogP contribution in [-0.4, -0.2) is 25.1 Å². The van der Waals surface area contributed by atoms with Gasteiger partial charge in [-0.15, -0.1) is 0 Å². The summed E-state index contributed by atoms with van der Waals surface area (Å²) in [6.07, 6.45) is 5.35. The molecule has 14 heavy (non-hydrogen) atoms. The maximum atomic E-state index is 5.89. The summed E-state index contributed by atoms with van der Waals surface area (Å²) in [5.74, 6) is 1.39. The van der Waals surface area contributed by atoms with Crippen molar-refractivity contribution in [3.63, 3.8) is 0 Å². The van der Waals surface area contributed by atoms with Crippen LogP contribution in [-0.2, 0) is 4.74 Å². The first-order chi connectivity index (χ1) is 6.70. The number of nitrogens with two attached hydrogens (primary N) is 1. The Balaban J connectivity index is 2.15. The zero-order valence-electron chi connectivity index (χ0n) is 9.33. The molecule has 0 atom stereocenters. The number of hydrogen-bond acceptors (Lipinski definition) is 2. The third kappa shape index (κ3) is 4.09. The Morgan fingerprint density at radius 3 is 2.64 bits per heavy atom. The summed E-state index contributed by atoms with van der Waals surface area (Å²) in [7, 11) is 0. The van der Waals surface area contributed by atoms with Crippen LogP contribution in [0.3, 0.4) is 0 Å². The Kier molecular flexibility index (Phi) is 4.94. The highest BCUT2D eigenvalue weighted by Crippen LogP contribution is 2.24. The minimum absolute atomic E-state index is 0.290. The van der Waals surface area contributed by atoms with Crippen LogP contribution in [0.25, 0.3) is 0 Å². The molecule has 0 heterocycles. The number of aliphatic imine (C=N–C) groups is 1. The van der Waals surface area contributed by atoms with Crippen molar-refractivity contribution in [2.24, 2.45) is 16.6 Å². The first-order valence-corrected chi connectivity index (χ1v) is 5.61. The molecule has 0 radical (unpaired) electrons. The minimum atomic E-state index is 0.290. The molecule has 0 spiro atoms. The fraction of sp³-hybridized carbons (Fsp3) is 0.909. The van der Waals surface area contributed by atoms with Crippen molar-refractivity contribution in [1.82, 2.24) is 0 Å². The highest BCUT2D eigenvalue weighted by Gasteiger charge is 2.17. The van der Waals surface area contributed by atoms with Crippen molar-refractivity contribution in [1.29, 1.82) is 0 Å². The molecular formula is C11H22N2O. The summed E-state index contributed by atoms with van der Waals surface area (Å²) in [6, 6.07) is 0. The van der Waals surface area contributed by atoms with E-state index in [1.807, 2.05) is 13.8 Å². The second-order valence-corrected chi connectivity index (χ2v) is 4.21. The molecule has 0 aromatic rings. The topological polar surface area (TPSA) is 47.6 Å². The average molecular weight is 198 g/mol. The van der Waals surface area contributed by atoms with E-state index in [1.54, 1.807) is 0 Å². The van der Waals surface area contributed by atoms with Crippen LogP contribution >= 0.6 is 0 Å². The molecule has 0 aliphatic heterocycles. The fourth-order valence-electron chi connectivity index (χ4n) is 1.81. The van der Waals surface area contributed by atoms with E-state index in [0.717, 1.165) is 5.84 Å². The molecule has 1 aliphatic carbocycles. The standard InChI is InChI=1S/C11H22N2O/c1-9(2)14-8-7-13-11(12)10-5-3-4-6-10/h9-10H,3-8H2,1-2H3,(H2,12,13). The number of ether oxygens (including phenoxy) is 1. The summed E-state index contributed by atoms with van der Waals surface area (Å²) in [5, 5.41) is 0. The lowest BCUT2D eigenvalue weighted by Crippen LogP contribution is -2.22. The number of rotatable bonds is 5. The maximum Gasteiger partial charge on any atom is 0.0969 e. The van der Waals surface area contributed by atoms with Crippen molar-refractivity contribution in [2.75, 3.05) is 13.2 Å². The van der Waals surface area contributed by atoms with E-state index in [0.29, 0.717) is 19.1 Å². The summed E-state index contributed by atoms with van der Waals surface area (Å²) >= 11 is 0. The highest BCUT2D eigenvalue weighted by atomic mass is 16.5. The Labute approximate surface area is 86.7 Å². The van der Waals surface area contributed by atoms with Crippen LogP contribution in [0.15, 0.2) is 4.99 Å². The van der Waals surface area contributed by atoms with E-state index in [9.17, 15) is 0 Å². The summed E-state index contributed by atoms with van der Waals surface area (Å²) in [6.45, 7) is 5.46. The molecule has 1 saturated carbocycles. The molecule has 0 aromatic carbocycles. The van der Waals surface area contributed by atoms with Gasteiger partial charge in [0.15, 0.2) is 0 Å². The Morgan fingerprint density at radius 2 is 2.07 bits per heavy atom. The van der Waals surface area contributed by atoms with Crippen molar-refractivity contribution in [3.05, 3.63) is 0 Å². The van der Waals surface area contributed by atoms with Crippen LogP contribution < -0.4 is 5.73 Å².